The molecule has 0 aliphatic carbocycles. The maximum Gasteiger partial charge on any atom is 0.306 e. The van der Waals surface area contributed by atoms with Crippen LogP contribution in [-0.2, 0) is 20.7 Å². The van der Waals surface area contributed by atoms with Crippen molar-refractivity contribution in [2.45, 2.75) is 12.8 Å². The van der Waals surface area contributed by atoms with Gasteiger partial charge >= 0.3 is 11.9 Å². The predicted molar refractivity (Wildman–Crippen MR) is 93.1 cm³/mol. The third-order valence-electron chi connectivity index (χ3n) is 3.49. The zero-order valence-corrected chi connectivity index (χ0v) is 14.9. The SMILES string of the molecule is COc1ccc(CCC(=O)OCC(=O)NNC(=O)c2ccco2)cc1OC. The lowest BCUT2D eigenvalue weighted by Crippen LogP contribution is -2.43. The van der Waals surface area contributed by atoms with Gasteiger partial charge in [0.1, 0.15) is 0 Å². The molecule has 0 saturated carbocycles. The quantitative estimate of drug-likeness (QED) is 0.526. The molecule has 9 nitrogen and oxygen atoms in total. The Kier molecular flexibility index (Phi) is 7.24. The van der Waals surface area contributed by atoms with Gasteiger partial charge in [0.05, 0.1) is 20.5 Å². The van der Waals surface area contributed by atoms with E-state index in [4.69, 9.17) is 18.6 Å². The summed E-state index contributed by atoms with van der Waals surface area (Å²) in [5.41, 5.74) is 5.12. The van der Waals surface area contributed by atoms with Gasteiger partial charge in [0.25, 0.3) is 5.91 Å². The summed E-state index contributed by atoms with van der Waals surface area (Å²) in [5, 5.41) is 0. The summed E-state index contributed by atoms with van der Waals surface area (Å²) in [6.07, 6.45) is 1.83. The summed E-state index contributed by atoms with van der Waals surface area (Å²) in [5.74, 6) is -0.630. The molecular formula is C18H20N2O7. The Morgan fingerprint density at radius 1 is 1.04 bits per heavy atom. The predicted octanol–water partition coefficient (Wildman–Crippen LogP) is 1.23. The fourth-order valence-corrected chi connectivity index (χ4v) is 2.13. The third-order valence-corrected chi connectivity index (χ3v) is 3.49. The smallest absolute Gasteiger partial charge is 0.306 e. The van der Waals surface area contributed by atoms with Crippen molar-refractivity contribution in [3.05, 3.63) is 47.9 Å². The van der Waals surface area contributed by atoms with Crippen LogP contribution in [0.4, 0.5) is 0 Å². The second-order valence-electron chi connectivity index (χ2n) is 5.33. The van der Waals surface area contributed by atoms with Crippen molar-refractivity contribution >= 4 is 17.8 Å². The number of nitrogens with one attached hydrogen (secondary N) is 2. The highest BCUT2D eigenvalue weighted by Crippen LogP contribution is 2.27. The topological polar surface area (TPSA) is 116 Å². The van der Waals surface area contributed by atoms with Gasteiger partial charge in [-0.1, -0.05) is 6.07 Å². The van der Waals surface area contributed by atoms with Crippen molar-refractivity contribution in [2.75, 3.05) is 20.8 Å². The molecule has 144 valence electrons. The lowest BCUT2D eigenvalue weighted by Gasteiger charge is -2.10. The highest BCUT2D eigenvalue weighted by atomic mass is 16.5. The molecule has 0 bridgehead atoms. The highest BCUT2D eigenvalue weighted by molar-refractivity contribution is 5.93. The Balaban J connectivity index is 1.69. The fourth-order valence-electron chi connectivity index (χ4n) is 2.13. The van der Waals surface area contributed by atoms with E-state index in [2.05, 4.69) is 10.9 Å². The number of amides is 2. The van der Waals surface area contributed by atoms with Gasteiger partial charge in [-0.2, -0.15) is 0 Å². The van der Waals surface area contributed by atoms with E-state index >= 15 is 0 Å². The Bertz CT molecular complexity index is 787. The van der Waals surface area contributed by atoms with Gasteiger partial charge < -0.3 is 18.6 Å². The van der Waals surface area contributed by atoms with Crippen LogP contribution in [-0.4, -0.2) is 38.6 Å². The standard InChI is InChI=1S/C18H20N2O7/c1-24-13-7-5-12(10-15(13)25-2)6-8-17(22)27-11-16(21)19-20-18(23)14-4-3-9-26-14/h3-5,7,9-10H,6,8,11H2,1-2H3,(H,19,21)(H,20,23). The van der Waals surface area contributed by atoms with Crippen molar-refractivity contribution in [2.24, 2.45) is 0 Å². The number of carbonyl (C=O) groups is 3. The van der Waals surface area contributed by atoms with Crippen molar-refractivity contribution in [1.29, 1.82) is 0 Å². The highest BCUT2D eigenvalue weighted by Gasteiger charge is 2.12. The molecule has 0 unspecified atom stereocenters. The van der Waals surface area contributed by atoms with Gasteiger partial charge in [-0.15, -0.1) is 0 Å². The second-order valence-corrected chi connectivity index (χ2v) is 5.33. The van der Waals surface area contributed by atoms with Gasteiger partial charge in [0.15, 0.2) is 23.9 Å². The molecule has 1 heterocycles. The lowest BCUT2D eigenvalue weighted by molar-refractivity contribution is -0.148. The minimum absolute atomic E-state index is 0.0437. The molecule has 0 fully saturated rings. The Morgan fingerprint density at radius 3 is 2.48 bits per heavy atom. The maximum absolute atomic E-state index is 11.8. The first-order chi connectivity index (χ1) is 13.0. The van der Waals surface area contributed by atoms with E-state index in [1.165, 1.54) is 32.6 Å². The first-order valence-electron chi connectivity index (χ1n) is 8.02. The minimum Gasteiger partial charge on any atom is -0.493 e. The average Bonchev–Trinajstić information content (AvgIpc) is 3.23. The summed E-state index contributed by atoms with van der Waals surface area (Å²) < 4.78 is 20.1. The number of hydrogen-bond donors (Lipinski definition) is 2. The molecule has 2 amide bonds. The van der Waals surface area contributed by atoms with Crippen LogP contribution in [0.3, 0.4) is 0 Å². The molecule has 27 heavy (non-hydrogen) atoms. The van der Waals surface area contributed by atoms with Gasteiger partial charge in [-0.25, -0.2) is 0 Å². The van der Waals surface area contributed by atoms with Gasteiger partial charge in [-0.3, -0.25) is 25.2 Å². The molecule has 0 spiro atoms. The van der Waals surface area contributed by atoms with Crippen LogP contribution < -0.4 is 20.3 Å². The number of ether oxygens (including phenoxy) is 3. The number of carbonyl (C=O) groups excluding carboxylic acids is 3. The molecule has 0 aliphatic heterocycles. The average molecular weight is 376 g/mol. The van der Waals surface area contributed by atoms with Crippen molar-refractivity contribution in [3.8, 4) is 11.5 Å². The molecule has 0 radical (unpaired) electrons. The normalized spacial score (nSPS) is 10.0. The molecule has 1 aromatic carbocycles. The van der Waals surface area contributed by atoms with E-state index < -0.39 is 24.4 Å². The molecule has 9 heteroatoms. The molecule has 2 rings (SSSR count). The lowest BCUT2D eigenvalue weighted by atomic mass is 10.1. The largest absolute Gasteiger partial charge is 0.493 e. The number of aryl methyl sites for hydroxylation is 1. The summed E-state index contributed by atoms with van der Waals surface area (Å²) in [6.45, 7) is -0.511. The van der Waals surface area contributed by atoms with Gasteiger partial charge in [-0.05, 0) is 36.2 Å². The van der Waals surface area contributed by atoms with Crippen LogP contribution in [0, 0.1) is 0 Å². The summed E-state index contributed by atoms with van der Waals surface area (Å²) >= 11 is 0. The molecule has 0 aliphatic rings. The number of furan rings is 1. The minimum atomic E-state index is -0.672. The van der Waals surface area contributed by atoms with Crippen molar-refractivity contribution in [3.63, 3.8) is 0 Å². The van der Waals surface area contributed by atoms with Crippen LogP contribution in [0.15, 0.2) is 41.0 Å². The van der Waals surface area contributed by atoms with E-state index in [0.29, 0.717) is 17.9 Å². The molecule has 0 saturated heterocycles. The monoisotopic (exact) mass is 376 g/mol. The van der Waals surface area contributed by atoms with Crippen molar-refractivity contribution < 1.29 is 33.0 Å². The Hall–Kier alpha value is -3.49. The number of rotatable bonds is 8. The van der Waals surface area contributed by atoms with E-state index in [1.807, 2.05) is 6.07 Å². The van der Waals surface area contributed by atoms with Crippen LogP contribution in [0.1, 0.15) is 22.5 Å². The number of esters is 1. The molecule has 2 N–H and O–H groups in total. The molecular weight excluding hydrogens is 356 g/mol. The fraction of sp³-hybridized carbons (Fsp3) is 0.278. The number of hydrogen-bond acceptors (Lipinski definition) is 7. The summed E-state index contributed by atoms with van der Waals surface area (Å²) in [7, 11) is 3.07. The maximum atomic E-state index is 11.8. The van der Waals surface area contributed by atoms with Crippen LogP contribution >= 0.6 is 0 Å². The van der Waals surface area contributed by atoms with Crippen LogP contribution in [0.5, 0.6) is 11.5 Å². The van der Waals surface area contributed by atoms with Gasteiger partial charge in [0, 0.05) is 6.42 Å². The Labute approximate surface area is 155 Å². The Morgan fingerprint density at radius 2 is 1.81 bits per heavy atom. The third kappa shape index (κ3) is 6.07. The van der Waals surface area contributed by atoms with Crippen LogP contribution in [0.25, 0.3) is 0 Å². The van der Waals surface area contributed by atoms with Gasteiger partial charge in [0.2, 0.25) is 0 Å². The van der Waals surface area contributed by atoms with E-state index in [-0.39, 0.29) is 12.2 Å². The number of methoxy groups -OCH3 is 2. The summed E-state index contributed by atoms with van der Waals surface area (Å²) in [6, 6.07) is 8.30. The molecule has 0 atom stereocenters. The van der Waals surface area contributed by atoms with E-state index in [0.717, 1.165) is 5.56 Å². The second kappa shape index (κ2) is 9.85. The first-order valence-corrected chi connectivity index (χ1v) is 8.02. The van der Waals surface area contributed by atoms with E-state index in [9.17, 15) is 14.4 Å². The molecule has 2 aromatic rings. The first kappa shape index (κ1) is 19.8. The molecule has 1 aromatic heterocycles. The van der Waals surface area contributed by atoms with Crippen LogP contribution in [0.2, 0.25) is 0 Å². The number of hydrazine groups is 1. The zero-order valence-electron chi connectivity index (χ0n) is 14.9. The van der Waals surface area contributed by atoms with E-state index in [1.54, 1.807) is 12.1 Å². The van der Waals surface area contributed by atoms with Crippen molar-refractivity contribution in [1.82, 2.24) is 10.9 Å². The number of benzene rings is 1. The zero-order chi connectivity index (χ0) is 19.6. The summed E-state index contributed by atoms with van der Waals surface area (Å²) in [4.78, 5) is 34.9.